The molecule has 2 aliphatic heterocycles. The molecule has 1 aliphatic carbocycles. The van der Waals surface area contributed by atoms with Crippen LogP contribution in [0.2, 0.25) is 0 Å². The molecule has 1 saturated heterocycles. The highest BCUT2D eigenvalue weighted by Crippen LogP contribution is 2.44. The van der Waals surface area contributed by atoms with Gasteiger partial charge in [0.2, 0.25) is 0 Å². The summed E-state index contributed by atoms with van der Waals surface area (Å²) in [6, 6.07) is 10.4. The number of hydrogen-bond donors (Lipinski definition) is 1. The van der Waals surface area contributed by atoms with Crippen LogP contribution in [0.15, 0.2) is 39.5 Å². The normalized spacial score (nSPS) is 20.5. The lowest BCUT2D eigenvalue weighted by Crippen LogP contribution is -2.47. The van der Waals surface area contributed by atoms with E-state index in [1.54, 1.807) is 0 Å². The molecule has 5 heteroatoms. The van der Waals surface area contributed by atoms with E-state index in [1.165, 1.54) is 17.7 Å². The van der Waals surface area contributed by atoms with E-state index in [0.29, 0.717) is 19.0 Å². The van der Waals surface area contributed by atoms with Gasteiger partial charge in [0.1, 0.15) is 11.3 Å². The van der Waals surface area contributed by atoms with E-state index < -0.39 is 5.63 Å². The Morgan fingerprint density at radius 2 is 1.96 bits per heavy atom. The molecule has 5 nitrogen and oxygen atoms in total. The van der Waals surface area contributed by atoms with Gasteiger partial charge in [-0.25, -0.2) is 4.79 Å². The number of anilines is 1. The zero-order valence-electron chi connectivity index (χ0n) is 16.3. The van der Waals surface area contributed by atoms with Crippen molar-refractivity contribution < 1.29 is 9.21 Å². The van der Waals surface area contributed by atoms with Crippen LogP contribution in [0.1, 0.15) is 65.3 Å². The average Bonchev–Trinajstić information content (AvgIpc) is 2.99. The molecular formula is C23H26N2O3. The fourth-order valence-corrected chi connectivity index (χ4v) is 4.99. The molecule has 1 aromatic carbocycles. The van der Waals surface area contributed by atoms with Crippen molar-refractivity contribution in [3.8, 4) is 0 Å². The van der Waals surface area contributed by atoms with Crippen LogP contribution in [-0.2, 0) is 5.41 Å². The second-order valence-corrected chi connectivity index (χ2v) is 8.59. The fraction of sp³-hybridized carbons (Fsp3) is 0.478. The molecule has 1 saturated carbocycles. The van der Waals surface area contributed by atoms with Crippen molar-refractivity contribution in [1.82, 2.24) is 4.90 Å². The number of nitrogens with zero attached hydrogens (tertiary/aromatic N) is 1. The van der Waals surface area contributed by atoms with Crippen molar-refractivity contribution in [3.05, 3.63) is 63.2 Å². The van der Waals surface area contributed by atoms with E-state index in [4.69, 9.17) is 4.42 Å². The minimum atomic E-state index is -0.472. The Balaban J connectivity index is 1.35. The monoisotopic (exact) mass is 378 g/mol. The van der Waals surface area contributed by atoms with Crippen LogP contribution in [0.4, 0.5) is 5.69 Å². The summed E-state index contributed by atoms with van der Waals surface area (Å²) >= 11 is 0. The van der Waals surface area contributed by atoms with Crippen LogP contribution < -0.4 is 10.9 Å². The Morgan fingerprint density at radius 1 is 1.21 bits per heavy atom. The summed E-state index contributed by atoms with van der Waals surface area (Å²) in [5, 5.41) is 3.51. The van der Waals surface area contributed by atoms with Gasteiger partial charge in [-0.15, -0.1) is 0 Å². The highest BCUT2D eigenvalue weighted by Gasteiger charge is 2.42. The number of likely N-dealkylation sites (tertiary alicyclic amines) is 1. The summed E-state index contributed by atoms with van der Waals surface area (Å²) < 4.78 is 5.53. The van der Waals surface area contributed by atoms with Crippen molar-refractivity contribution in [3.63, 3.8) is 0 Å². The number of benzene rings is 1. The number of para-hydroxylation sites is 1. The molecule has 28 heavy (non-hydrogen) atoms. The first-order chi connectivity index (χ1) is 13.6. The number of aryl methyl sites for hydroxylation is 1. The van der Waals surface area contributed by atoms with Gasteiger partial charge in [-0.1, -0.05) is 24.6 Å². The predicted molar refractivity (Wildman–Crippen MR) is 108 cm³/mol. The third-order valence-electron chi connectivity index (χ3n) is 7.01. The number of carbonyl (C=O) groups is 1. The second-order valence-electron chi connectivity index (χ2n) is 8.59. The number of nitrogens with one attached hydrogen (secondary N) is 1. The number of hydrogen-bond acceptors (Lipinski definition) is 4. The van der Waals surface area contributed by atoms with Gasteiger partial charge in [0.15, 0.2) is 0 Å². The van der Waals surface area contributed by atoms with Crippen LogP contribution in [0.3, 0.4) is 0 Å². The first-order valence-corrected chi connectivity index (χ1v) is 10.3. The molecule has 2 aromatic rings. The molecule has 1 amide bonds. The zero-order valence-corrected chi connectivity index (χ0v) is 16.3. The summed E-state index contributed by atoms with van der Waals surface area (Å²) in [5.41, 5.74) is 3.16. The van der Waals surface area contributed by atoms with E-state index in [-0.39, 0.29) is 16.9 Å². The summed E-state index contributed by atoms with van der Waals surface area (Å²) in [7, 11) is 0. The minimum absolute atomic E-state index is 0.0984. The maximum Gasteiger partial charge on any atom is 0.349 e. The van der Waals surface area contributed by atoms with Crippen LogP contribution >= 0.6 is 0 Å². The van der Waals surface area contributed by atoms with Gasteiger partial charge in [-0.3, -0.25) is 4.79 Å². The van der Waals surface area contributed by atoms with Gasteiger partial charge in [-0.2, -0.15) is 0 Å². The summed E-state index contributed by atoms with van der Waals surface area (Å²) in [4.78, 5) is 27.5. The lowest BCUT2D eigenvalue weighted by molar-refractivity contribution is 0.0670. The van der Waals surface area contributed by atoms with Gasteiger partial charge in [0.05, 0.1) is 0 Å². The largest absolute Gasteiger partial charge is 0.427 e. The van der Waals surface area contributed by atoms with Crippen LogP contribution in [0, 0.1) is 6.92 Å². The van der Waals surface area contributed by atoms with E-state index >= 15 is 0 Å². The topological polar surface area (TPSA) is 62.6 Å². The summed E-state index contributed by atoms with van der Waals surface area (Å²) in [6.45, 7) is 4.11. The molecule has 0 radical (unpaired) electrons. The SMILES string of the molecule is Cc1cc(C2CCC2)oc(=O)c1C(=O)N1CCC2(CC1)CNc1ccccc12. The van der Waals surface area contributed by atoms with E-state index in [1.807, 2.05) is 17.9 Å². The summed E-state index contributed by atoms with van der Waals surface area (Å²) in [6.07, 6.45) is 5.14. The van der Waals surface area contributed by atoms with Gasteiger partial charge in [0, 0.05) is 36.7 Å². The molecule has 1 aromatic heterocycles. The van der Waals surface area contributed by atoms with Gasteiger partial charge < -0.3 is 14.6 Å². The maximum absolute atomic E-state index is 13.1. The Kier molecular flexibility index (Phi) is 4.07. The van der Waals surface area contributed by atoms with Crippen molar-refractivity contribution in [2.24, 2.45) is 0 Å². The molecular weight excluding hydrogens is 352 g/mol. The fourth-order valence-electron chi connectivity index (χ4n) is 4.99. The molecule has 1 N–H and O–H groups in total. The molecule has 0 atom stereocenters. The number of piperidine rings is 1. The molecule has 146 valence electrons. The number of fused-ring (bicyclic) bond motifs is 2. The summed E-state index contributed by atoms with van der Waals surface area (Å²) in [5.74, 6) is 0.914. The maximum atomic E-state index is 13.1. The first kappa shape index (κ1) is 17.5. The molecule has 5 rings (SSSR count). The zero-order chi connectivity index (χ0) is 19.3. The van der Waals surface area contributed by atoms with Crippen molar-refractivity contribution in [2.75, 3.05) is 25.0 Å². The van der Waals surface area contributed by atoms with Gasteiger partial charge >= 0.3 is 5.63 Å². The Bertz CT molecular complexity index is 982. The lowest BCUT2D eigenvalue weighted by Gasteiger charge is -2.39. The molecule has 3 aliphatic rings. The number of carbonyl (C=O) groups excluding carboxylic acids is 1. The Hall–Kier alpha value is -2.56. The quantitative estimate of drug-likeness (QED) is 0.863. The third kappa shape index (κ3) is 2.67. The van der Waals surface area contributed by atoms with E-state index in [9.17, 15) is 9.59 Å². The third-order valence-corrected chi connectivity index (χ3v) is 7.01. The highest BCUT2D eigenvalue weighted by molar-refractivity contribution is 5.95. The number of amides is 1. The molecule has 0 bridgehead atoms. The standard InChI is InChI=1S/C23H26N2O3/c1-15-13-19(16-5-4-6-16)28-22(27)20(15)21(26)25-11-9-23(10-12-25)14-24-18-8-3-2-7-17(18)23/h2-3,7-8,13,16,24H,4-6,9-12,14H2,1H3. The Labute approximate surface area is 164 Å². The smallest absolute Gasteiger partial charge is 0.349 e. The van der Waals surface area contributed by atoms with Gasteiger partial charge in [0.25, 0.3) is 5.91 Å². The van der Waals surface area contributed by atoms with E-state index in [0.717, 1.165) is 43.6 Å². The van der Waals surface area contributed by atoms with Crippen LogP contribution in [0.25, 0.3) is 0 Å². The van der Waals surface area contributed by atoms with Crippen LogP contribution in [0.5, 0.6) is 0 Å². The second kappa shape index (κ2) is 6.50. The predicted octanol–water partition coefficient (Wildman–Crippen LogP) is 3.82. The first-order valence-electron chi connectivity index (χ1n) is 10.3. The molecule has 1 spiro atoms. The molecule has 0 unspecified atom stereocenters. The van der Waals surface area contributed by atoms with Crippen molar-refractivity contribution in [1.29, 1.82) is 0 Å². The van der Waals surface area contributed by atoms with Crippen molar-refractivity contribution in [2.45, 2.75) is 50.4 Å². The van der Waals surface area contributed by atoms with Gasteiger partial charge in [-0.05, 0) is 55.9 Å². The number of rotatable bonds is 2. The molecule has 2 fully saturated rings. The Morgan fingerprint density at radius 3 is 2.64 bits per heavy atom. The average molecular weight is 378 g/mol. The van der Waals surface area contributed by atoms with Crippen molar-refractivity contribution >= 4 is 11.6 Å². The highest BCUT2D eigenvalue weighted by atomic mass is 16.4. The van der Waals surface area contributed by atoms with E-state index in [2.05, 4.69) is 29.6 Å². The molecule has 3 heterocycles. The minimum Gasteiger partial charge on any atom is -0.427 e. The lowest BCUT2D eigenvalue weighted by atomic mass is 9.74. The van der Waals surface area contributed by atoms with Crippen LogP contribution in [-0.4, -0.2) is 30.4 Å².